The van der Waals surface area contributed by atoms with Crippen LogP contribution < -0.4 is 19.9 Å². The van der Waals surface area contributed by atoms with Gasteiger partial charge in [-0.15, -0.1) is 0 Å². The van der Waals surface area contributed by atoms with Gasteiger partial charge < -0.3 is 19.9 Å². The number of ether oxygens (including phenoxy) is 1. The van der Waals surface area contributed by atoms with Gasteiger partial charge in [-0.3, -0.25) is 9.69 Å². The van der Waals surface area contributed by atoms with Gasteiger partial charge in [0.15, 0.2) is 0 Å². The lowest BCUT2D eigenvalue weighted by Gasteiger charge is -2.19. The highest BCUT2D eigenvalue weighted by molar-refractivity contribution is 5.99. The number of hydrogen-bond donors (Lipinski definition) is 1. The van der Waals surface area contributed by atoms with E-state index in [0.29, 0.717) is 18.8 Å². The van der Waals surface area contributed by atoms with Gasteiger partial charge in [-0.25, -0.2) is 4.79 Å². The topological polar surface area (TPSA) is 65.1 Å². The Morgan fingerprint density at radius 2 is 1.74 bits per heavy atom. The van der Waals surface area contributed by atoms with Crippen LogP contribution in [-0.4, -0.2) is 57.7 Å². The van der Waals surface area contributed by atoms with E-state index in [1.165, 1.54) is 0 Å². The molecular weight excluding hydrogens is 344 g/mol. The van der Waals surface area contributed by atoms with Crippen LogP contribution in [0.15, 0.2) is 48.5 Å². The van der Waals surface area contributed by atoms with E-state index < -0.39 is 0 Å². The van der Waals surface area contributed by atoms with Crippen LogP contribution in [0.25, 0.3) is 0 Å². The highest BCUT2D eigenvalue weighted by Gasteiger charge is 2.30. The summed E-state index contributed by atoms with van der Waals surface area (Å²) < 4.78 is 5.14. The first-order chi connectivity index (χ1) is 13.0. The summed E-state index contributed by atoms with van der Waals surface area (Å²) in [6.45, 7) is 1.09. The maximum atomic E-state index is 12.6. The number of rotatable bonds is 6. The lowest BCUT2D eigenvalue weighted by Crippen LogP contribution is -2.37. The minimum atomic E-state index is -0.211. The normalized spacial score (nSPS) is 13.7. The Hall–Kier alpha value is -3.22. The van der Waals surface area contributed by atoms with Crippen LogP contribution in [-0.2, 0) is 4.79 Å². The van der Waals surface area contributed by atoms with Gasteiger partial charge in [0.25, 0.3) is 0 Å². The molecule has 27 heavy (non-hydrogen) atoms. The number of nitrogens with one attached hydrogen (secondary N) is 1. The van der Waals surface area contributed by atoms with Crippen LogP contribution in [0.3, 0.4) is 0 Å². The van der Waals surface area contributed by atoms with Crippen molar-refractivity contribution < 1.29 is 14.3 Å². The van der Waals surface area contributed by atoms with Gasteiger partial charge in [-0.2, -0.15) is 0 Å². The van der Waals surface area contributed by atoms with Crippen molar-refractivity contribution in [1.29, 1.82) is 0 Å². The number of carbonyl (C=O) groups excluding carboxylic acids is 2. The van der Waals surface area contributed by atoms with Crippen LogP contribution in [0, 0.1) is 0 Å². The van der Waals surface area contributed by atoms with Crippen LogP contribution in [0.5, 0.6) is 5.75 Å². The molecule has 1 aliphatic rings. The molecule has 3 rings (SSSR count). The van der Waals surface area contributed by atoms with Crippen molar-refractivity contribution in [2.45, 2.75) is 0 Å². The summed E-state index contributed by atoms with van der Waals surface area (Å²) in [5.74, 6) is 0.527. The van der Waals surface area contributed by atoms with Gasteiger partial charge in [0.2, 0.25) is 5.91 Å². The number of nitrogens with zero attached hydrogens (tertiary/aromatic N) is 3. The predicted octanol–water partition coefficient (Wildman–Crippen LogP) is 2.64. The van der Waals surface area contributed by atoms with E-state index in [1.54, 1.807) is 16.9 Å². The van der Waals surface area contributed by atoms with E-state index in [1.807, 2.05) is 67.5 Å². The largest absolute Gasteiger partial charge is 0.497 e. The Bertz CT molecular complexity index is 803. The molecule has 0 unspecified atom stereocenters. The number of methoxy groups -OCH3 is 1. The molecule has 1 aliphatic heterocycles. The third kappa shape index (κ3) is 4.31. The summed E-state index contributed by atoms with van der Waals surface area (Å²) in [7, 11) is 5.52. The molecule has 2 aromatic carbocycles. The van der Waals surface area contributed by atoms with E-state index in [4.69, 9.17) is 4.74 Å². The Kier molecular flexibility index (Phi) is 5.49. The maximum Gasteiger partial charge on any atom is 0.325 e. The molecule has 1 fully saturated rings. The molecule has 142 valence electrons. The molecule has 0 atom stereocenters. The van der Waals surface area contributed by atoms with Gasteiger partial charge in [0.1, 0.15) is 12.3 Å². The van der Waals surface area contributed by atoms with Gasteiger partial charge in [0.05, 0.1) is 7.11 Å². The standard InChI is InChI=1S/C20H24N4O3/c1-22(2)16-6-4-15(5-7-16)21-19(25)14-23-12-13-24(20(23)26)17-8-10-18(27-3)11-9-17/h4-11H,12-14H2,1-3H3,(H,21,25). The molecule has 0 spiro atoms. The average molecular weight is 368 g/mol. The number of amides is 3. The van der Waals surface area contributed by atoms with E-state index in [-0.39, 0.29) is 18.5 Å². The summed E-state index contributed by atoms with van der Waals surface area (Å²) >= 11 is 0. The number of benzene rings is 2. The maximum absolute atomic E-state index is 12.6. The molecule has 0 radical (unpaired) electrons. The molecule has 3 amide bonds. The summed E-state index contributed by atoms with van der Waals surface area (Å²) in [6, 6.07) is 14.7. The molecule has 0 aromatic heterocycles. The van der Waals surface area contributed by atoms with Gasteiger partial charge in [-0.05, 0) is 48.5 Å². The van der Waals surface area contributed by atoms with Crippen molar-refractivity contribution in [2.24, 2.45) is 0 Å². The molecule has 0 aliphatic carbocycles. The smallest absolute Gasteiger partial charge is 0.325 e. The second kappa shape index (κ2) is 7.99. The minimum absolute atomic E-state index is 0.0287. The molecule has 7 nitrogen and oxygen atoms in total. The molecule has 1 heterocycles. The molecule has 0 bridgehead atoms. The molecule has 7 heteroatoms. The quantitative estimate of drug-likeness (QED) is 0.851. The van der Waals surface area contributed by atoms with Crippen molar-refractivity contribution in [3.63, 3.8) is 0 Å². The zero-order valence-electron chi connectivity index (χ0n) is 15.8. The van der Waals surface area contributed by atoms with Gasteiger partial charge >= 0.3 is 6.03 Å². The lowest BCUT2D eigenvalue weighted by atomic mass is 10.2. The van der Waals surface area contributed by atoms with Crippen molar-refractivity contribution in [3.05, 3.63) is 48.5 Å². The predicted molar refractivity (Wildman–Crippen MR) is 107 cm³/mol. The van der Waals surface area contributed by atoms with Crippen molar-refractivity contribution in [3.8, 4) is 5.75 Å². The van der Waals surface area contributed by atoms with Crippen molar-refractivity contribution in [2.75, 3.05) is 56.0 Å². The summed E-state index contributed by atoms with van der Waals surface area (Å²) in [4.78, 5) is 30.1. The Labute approximate surface area is 159 Å². The Balaban J connectivity index is 1.57. The fourth-order valence-electron chi connectivity index (χ4n) is 2.95. The first-order valence-corrected chi connectivity index (χ1v) is 8.75. The fourth-order valence-corrected chi connectivity index (χ4v) is 2.95. The third-order valence-electron chi connectivity index (χ3n) is 4.48. The number of urea groups is 1. The third-order valence-corrected chi connectivity index (χ3v) is 4.48. The second-order valence-electron chi connectivity index (χ2n) is 6.54. The van der Waals surface area contributed by atoms with E-state index in [0.717, 1.165) is 17.1 Å². The monoisotopic (exact) mass is 368 g/mol. The molecular formula is C20H24N4O3. The zero-order valence-corrected chi connectivity index (χ0v) is 15.8. The van der Waals surface area contributed by atoms with E-state index in [2.05, 4.69) is 5.32 Å². The second-order valence-corrected chi connectivity index (χ2v) is 6.54. The van der Waals surface area contributed by atoms with E-state index >= 15 is 0 Å². The molecule has 2 aromatic rings. The van der Waals surface area contributed by atoms with Crippen LogP contribution in [0.2, 0.25) is 0 Å². The molecule has 1 N–H and O–H groups in total. The van der Waals surface area contributed by atoms with Gasteiger partial charge in [0, 0.05) is 44.2 Å². The molecule has 1 saturated heterocycles. The SMILES string of the molecule is COc1ccc(N2CCN(CC(=O)Nc3ccc(N(C)C)cc3)C2=O)cc1. The van der Waals surface area contributed by atoms with Gasteiger partial charge in [-0.1, -0.05) is 0 Å². The number of anilines is 3. The highest BCUT2D eigenvalue weighted by Crippen LogP contribution is 2.23. The number of carbonyl (C=O) groups is 2. The fraction of sp³-hybridized carbons (Fsp3) is 0.300. The Morgan fingerprint density at radius 3 is 2.33 bits per heavy atom. The van der Waals surface area contributed by atoms with Crippen LogP contribution in [0.4, 0.5) is 21.9 Å². The summed E-state index contributed by atoms with van der Waals surface area (Å²) in [5.41, 5.74) is 2.56. The molecule has 0 saturated carbocycles. The van der Waals surface area contributed by atoms with Crippen molar-refractivity contribution >= 4 is 29.0 Å². The van der Waals surface area contributed by atoms with Crippen LogP contribution in [0.1, 0.15) is 0 Å². The zero-order chi connectivity index (χ0) is 19.4. The average Bonchev–Trinajstić information content (AvgIpc) is 3.02. The highest BCUT2D eigenvalue weighted by atomic mass is 16.5. The van der Waals surface area contributed by atoms with E-state index in [9.17, 15) is 9.59 Å². The minimum Gasteiger partial charge on any atom is -0.497 e. The Morgan fingerprint density at radius 1 is 1.07 bits per heavy atom. The number of hydrogen-bond acceptors (Lipinski definition) is 4. The first kappa shape index (κ1) is 18.6. The summed E-state index contributed by atoms with van der Waals surface area (Å²) in [5, 5.41) is 2.84. The summed E-state index contributed by atoms with van der Waals surface area (Å²) in [6.07, 6.45) is 0. The van der Waals surface area contributed by atoms with Crippen molar-refractivity contribution in [1.82, 2.24) is 4.90 Å². The lowest BCUT2D eigenvalue weighted by molar-refractivity contribution is -0.116. The van der Waals surface area contributed by atoms with Crippen LogP contribution >= 0.6 is 0 Å². The first-order valence-electron chi connectivity index (χ1n) is 8.75.